The van der Waals surface area contributed by atoms with Gasteiger partial charge in [0.25, 0.3) is 0 Å². The molecule has 1 aromatic carbocycles. The molecule has 1 unspecified atom stereocenters. The first-order valence-corrected chi connectivity index (χ1v) is 9.29. The van der Waals surface area contributed by atoms with Crippen LogP contribution in [0.1, 0.15) is 19.8 Å². The fourth-order valence-electron chi connectivity index (χ4n) is 2.67. The van der Waals surface area contributed by atoms with E-state index < -0.39 is 22.0 Å². The van der Waals surface area contributed by atoms with Crippen LogP contribution in [0.3, 0.4) is 0 Å². The molecule has 24 heavy (non-hydrogen) atoms. The minimum absolute atomic E-state index is 0.125. The Morgan fingerprint density at radius 1 is 1.50 bits per heavy atom. The first-order valence-electron chi connectivity index (χ1n) is 7.47. The molecule has 1 saturated heterocycles. The van der Waals surface area contributed by atoms with Crippen molar-refractivity contribution >= 4 is 27.6 Å². The smallest absolute Gasteiger partial charge is 0.322 e. The molecule has 134 valence electrons. The summed E-state index contributed by atoms with van der Waals surface area (Å²) in [4.78, 5) is 11.2. The Hall–Kier alpha value is -1.35. The van der Waals surface area contributed by atoms with Crippen LogP contribution in [0.15, 0.2) is 23.1 Å². The minimum Gasteiger partial charge on any atom is -0.487 e. The van der Waals surface area contributed by atoms with Crippen LogP contribution in [-0.2, 0) is 19.6 Å². The highest BCUT2D eigenvalue weighted by Crippen LogP contribution is 2.34. The number of aliphatic carboxylic acids is 1. The lowest BCUT2D eigenvalue weighted by atomic mass is 10.2. The summed E-state index contributed by atoms with van der Waals surface area (Å²) >= 11 is 5.95. The van der Waals surface area contributed by atoms with E-state index in [1.807, 2.05) is 0 Å². The van der Waals surface area contributed by atoms with Gasteiger partial charge in [-0.25, -0.2) is 8.42 Å². The number of halogens is 1. The summed E-state index contributed by atoms with van der Waals surface area (Å²) in [6, 6.07) is 3.20. The van der Waals surface area contributed by atoms with E-state index in [0.717, 1.165) is 4.31 Å². The molecular weight excluding hydrogens is 358 g/mol. The number of rotatable bonds is 7. The number of hydrogen-bond donors (Lipinski definition) is 1. The zero-order valence-corrected chi connectivity index (χ0v) is 15.0. The van der Waals surface area contributed by atoms with E-state index >= 15 is 0 Å². The van der Waals surface area contributed by atoms with Crippen LogP contribution in [0.2, 0.25) is 5.02 Å². The van der Waals surface area contributed by atoms with Crippen molar-refractivity contribution in [2.75, 3.05) is 20.3 Å². The second-order valence-corrected chi connectivity index (χ2v) is 7.88. The van der Waals surface area contributed by atoms with Crippen molar-refractivity contribution in [1.82, 2.24) is 4.31 Å². The van der Waals surface area contributed by atoms with Crippen molar-refractivity contribution in [3.8, 4) is 5.75 Å². The number of hydrogen-bond acceptors (Lipinski definition) is 5. The molecule has 2 atom stereocenters. The monoisotopic (exact) mass is 377 g/mol. The van der Waals surface area contributed by atoms with Gasteiger partial charge in [0.1, 0.15) is 22.8 Å². The molecule has 0 radical (unpaired) electrons. The summed E-state index contributed by atoms with van der Waals surface area (Å²) in [5.41, 5.74) is 0. The Balaban J connectivity index is 2.42. The molecule has 9 heteroatoms. The molecule has 1 aliphatic heterocycles. The Morgan fingerprint density at radius 2 is 2.21 bits per heavy atom. The molecule has 0 aromatic heterocycles. The van der Waals surface area contributed by atoms with Gasteiger partial charge in [-0.15, -0.1) is 0 Å². The van der Waals surface area contributed by atoms with Gasteiger partial charge < -0.3 is 14.6 Å². The van der Waals surface area contributed by atoms with Crippen LogP contribution >= 0.6 is 11.6 Å². The molecule has 0 saturated carbocycles. The van der Waals surface area contributed by atoms with Gasteiger partial charge in [0.05, 0.1) is 6.61 Å². The number of methoxy groups -OCH3 is 1. The molecule has 7 nitrogen and oxygen atoms in total. The maximum Gasteiger partial charge on any atom is 0.322 e. The molecule has 0 aliphatic carbocycles. The standard InChI is InChI=1S/C15H20ClNO6S/c1-10(9-22-2)23-13-6-5-11(16)8-14(13)24(20,21)17-7-3-4-12(17)15(18)19/h5-6,8,10,12H,3-4,7,9H2,1-2H3,(H,18,19)/t10?,12-/m0/s1. The number of ether oxygens (including phenoxy) is 2. The van der Waals surface area contributed by atoms with Gasteiger partial charge in [0, 0.05) is 18.7 Å². The van der Waals surface area contributed by atoms with Gasteiger partial charge in [0.2, 0.25) is 10.0 Å². The second-order valence-electron chi connectivity index (χ2n) is 5.59. The summed E-state index contributed by atoms with van der Waals surface area (Å²) < 4.78 is 37.5. The van der Waals surface area contributed by atoms with Crippen LogP contribution in [0.4, 0.5) is 0 Å². The van der Waals surface area contributed by atoms with Gasteiger partial charge in [-0.05, 0) is 38.0 Å². The topological polar surface area (TPSA) is 93.1 Å². The van der Waals surface area contributed by atoms with Crippen molar-refractivity contribution < 1.29 is 27.8 Å². The van der Waals surface area contributed by atoms with Gasteiger partial charge >= 0.3 is 5.97 Å². The average Bonchev–Trinajstić information content (AvgIpc) is 3.00. The first-order chi connectivity index (χ1) is 11.3. The Morgan fingerprint density at radius 3 is 2.83 bits per heavy atom. The first kappa shape index (κ1) is 19.0. The molecule has 2 rings (SSSR count). The summed E-state index contributed by atoms with van der Waals surface area (Å²) in [7, 11) is -2.53. The summed E-state index contributed by atoms with van der Waals surface area (Å²) in [6.07, 6.45) is 0.400. The highest BCUT2D eigenvalue weighted by Gasteiger charge is 2.40. The van der Waals surface area contributed by atoms with Crippen molar-refractivity contribution in [2.24, 2.45) is 0 Å². The fourth-order valence-corrected chi connectivity index (χ4v) is 4.70. The van der Waals surface area contributed by atoms with Crippen LogP contribution < -0.4 is 4.74 Å². The van der Waals surface area contributed by atoms with E-state index in [2.05, 4.69) is 0 Å². The Labute approximate surface area is 146 Å². The van der Waals surface area contributed by atoms with Crippen LogP contribution in [-0.4, -0.2) is 56.2 Å². The Bertz CT molecular complexity index is 708. The number of carboxylic acid groups (broad SMARTS) is 1. The zero-order chi connectivity index (χ0) is 17.9. The molecule has 0 bridgehead atoms. The normalized spacial score (nSPS) is 20.0. The van der Waals surface area contributed by atoms with E-state index in [1.165, 1.54) is 25.3 Å². The van der Waals surface area contributed by atoms with E-state index in [9.17, 15) is 18.3 Å². The summed E-state index contributed by atoms with van der Waals surface area (Å²) in [5.74, 6) is -1.03. The third kappa shape index (κ3) is 4.00. The lowest BCUT2D eigenvalue weighted by Crippen LogP contribution is -2.40. The van der Waals surface area contributed by atoms with E-state index in [-0.39, 0.29) is 41.3 Å². The average molecular weight is 378 g/mol. The van der Waals surface area contributed by atoms with E-state index in [4.69, 9.17) is 21.1 Å². The van der Waals surface area contributed by atoms with E-state index in [0.29, 0.717) is 6.42 Å². The van der Waals surface area contributed by atoms with Crippen LogP contribution in [0.5, 0.6) is 5.75 Å². The zero-order valence-electron chi connectivity index (χ0n) is 13.4. The predicted molar refractivity (Wildman–Crippen MR) is 88.0 cm³/mol. The number of carboxylic acids is 1. The van der Waals surface area contributed by atoms with Crippen LogP contribution in [0.25, 0.3) is 0 Å². The predicted octanol–water partition coefficient (Wildman–Crippen LogP) is 1.99. The van der Waals surface area contributed by atoms with Crippen molar-refractivity contribution in [2.45, 2.75) is 36.8 Å². The fraction of sp³-hybridized carbons (Fsp3) is 0.533. The maximum atomic E-state index is 13.0. The van der Waals surface area contributed by atoms with Crippen molar-refractivity contribution in [1.29, 1.82) is 0 Å². The second kappa shape index (κ2) is 7.69. The third-order valence-electron chi connectivity index (χ3n) is 3.71. The molecule has 1 fully saturated rings. The maximum absolute atomic E-state index is 13.0. The van der Waals surface area contributed by atoms with Crippen LogP contribution in [0, 0.1) is 0 Å². The van der Waals surface area contributed by atoms with Gasteiger partial charge in [0.15, 0.2) is 0 Å². The number of carbonyl (C=O) groups is 1. The Kier molecular flexibility index (Phi) is 6.08. The molecule has 1 aliphatic rings. The molecule has 1 heterocycles. The quantitative estimate of drug-likeness (QED) is 0.781. The van der Waals surface area contributed by atoms with Gasteiger partial charge in [-0.1, -0.05) is 11.6 Å². The lowest BCUT2D eigenvalue weighted by Gasteiger charge is -2.23. The molecular formula is C15H20ClNO6S. The number of benzene rings is 1. The minimum atomic E-state index is -4.04. The SMILES string of the molecule is COCC(C)Oc1ccc(Cl)cc1S(=O)(=O)N1CCC[C@H]1C(=O)O. The highest BCUT2D eigenvalue weighted by atomic mass is 35.5. The molecule has 0 amide bonds. The lowest BCUT2D eigenvalue weighted by molar-refractivity contribution is -0.140. The third-order valence-corrected chi connectivity index (χ3v) is 5.88. The largest absolute Gasteiger partial charge is 0.487 e. The van der Waals surface area contributed by atoms with Crippen molar-refractivity contribution in [3.05, 3.63) is 23.2 Å². The summed E-state index contributed by atoms with van der Waals surface area (Å²) in [6.45, 7) is 2.17. The van der Waals surface area contributed by atoms with Gasteiger partial charge in [-0.3, -0.25) is 4.79 Å². The highest BCUT2D eigenvalue weighted by molar-refractivity contribution is 7.89. The number of nitrogens with zero attached hydrogens (tertiary/aromatic N) is 1. The van der Waals surface area contributed by atoms with Gasteiger partial charge in [-0.2, -0.15) is 4.31 Å². The molecule has 0 spiro atoms. The summed E-state index contributed by atoms with van der Waals surface area (Å²) in [5, 5.41) is 9.48. The number of sulfonamides is 1. The molecule has 1 N–H and O–H groups in total. The molecule has 1 aromatic rings. The van der Waals surface area contributed by atoms with Crippen molar-refractivity contribution in [3.63, 3.8) is 0 Å². The van der Waals surface area contributed by atoms with E-state index in [1.54, 1.807) is 6.92 Å².